The molecule has 1 heterocycles. The molecule has 3 amide bonds. The second-order valence-electron chi connectivity index (χ2n) is 4.66. The molecule has 0 saturated carbocycles. The fraction of sp³-hybridized carbons (Fsp3) is 0.438. The van der Waals surface area contributed by atoms with E-state index in [9.17, 15) is 14.4 Å². The van der Waals surface area contributed by atoms with Crippen molar-refractivity contribution in [3.63, 3.8) is 0 Å². The quantitative estimate of drug-likeness (QED) is 0.177. The van der Waals surface area contributed by atoms with Crippen LogP contribution in [0.3, 0.4) is 0 Å². The molecule has 0 aromatic rings. The first-order chi connectivity index (χ1) is 10.9. The fourth-order valence-electron chi connectivity index (χ4n) is 1.86. The van der Waals surface area contributed by atoms with Crippen molar-refractivity contribution in [3.05, 3.63) is 35.6 Å². The number of amides is 3. The number of carbonyl (C=O) groups is 3. The van der Waals surface area contributed by atoms with Crippen LogP contribution in [0, 0.1) is 0 Å². The SMILES string of the molecule is CC.C\C=C/C=C\C(C(=O)N(N)C1CCC(=O)NC1=O)=C(/C)N. The van der Waals surface area contributed by atoms with Gasteiger partial charge < -0.3 is 5.73 Å². The van der Waals surface area contributed by atoms with Gasteiger partial charge in [-0.3, -0.25) is 24.7 Å². The number of hydrogen-bond acceptors (Lipinski definition) is 5. The van der Waals surface area contributed by atoms with E-state index < -0.39 is 17.9 Å². The van der Waals surface area contributed by atoms with Crippen LogP contribution < -0.4 is 16.9 Å². The van der Waals surface area contributed by atoms with E-state index in [-0.39, 0.29) is 24.3 Å². The number of imide groups is 1. The van der Waals surface area contributed by atoms with Crippen LogP contribution in [0.2, 0.25) is 0 Å². The molecule has 1 aliphatic heterocycles. The molecule has 1 fully saturated rings. The molecule has 1 aliphatic rings. The number of hydrazine groups is 1. The van der Waals surface area contributed by atoms with Gasteiger partial charge in [0.05, 0.1) is 5.57 Å². The summed E-state index contributed by atoms with van der Waals surface area (Å²) in [5.41, 5.74) is 6.19. The Morgan fingerprint density at radius 3 is 2.39 bits per heavy atom. The number of hydrogen-bond donors (Lipinski definition) is 3. The second kappa shape index (κ2) is 10.3. The number of allylic oxidation sites excluding steroid dienone is 4. The zero-order chi connectivity index (χ0) is 18.0. The summed E-state index contributed by atoms with van der Waals surface area (Å²) in [6.45, 7) is 7.41. The van der Waals surface area contributed by atoms with Gasteiger partial charge in [0.25, 0.3) is 11.8 Å². The van der Waals surface area contributed by atoms with Gasteiger partial charge >= 0.3 is 0 Å². The molecule has 0 aliphatic carbocycles. The number of nitrogens with two attached hydrogens (primary N) is 2. The van der Waals surface area contributed by atoms with Crippen molar-refractivity contribution in [1.29, 1.82) is 0 Å². The van der Waals surface area contributed by atoms with E-state index in [0.29, 0.717) is 5.70 Å². The maximum Gasteiger partial charge on any atom is 0.270 e. The van der Waals surface area contributed by atoms with Gasteiger partial charge in [0.1, 0.15) is 6.04 Å². The minimum atomic E-state index is -0.875. The van der Waals surface area contributed by atoms with E-state index in [0.717, 1.165) is 5.01 Å². The summed E-state index contributed by atoms with van der Waals surface area (Å²) in [5, 5.41) is 2.98. The zero-order valence-electron chi connectivity index (χ0n) is 14.1. The second-order valence-corrected chi connectivity index (χ2v) is 4.66. The maximum atomic E-state index is 12.3. The molecule has 128 valence electrons. The Morgan fingerprint density at radius 1 is 1.30 bits per heavy atom. The van der Waals surface area contributed by atoms with Gasteiger partial charge in [0.2, 0.25) is 5.91 Å². The van der Waals surface area contributed by atoms with Crippen molar-refractivity contribution in [2.75, 3.05) is 0 Å². The molecule has 7 nitrogen and oxygen atoms in total. The Balaban J connectivity index is 0.00000232. The number of carbonyl (C=O) groups excluding carboxylic acids is 3. The standard InChI is InChI=1S/C14H20N4O3.C2H6/c1-3-4-5-6-10(9(2)15)14(21)18(16)11-7-8-12(19)17-13(11)20;1-2/h3-6,11H,7-8,15-16H2,1-2H3,(H,17,19,20);1-2H3/b4-3-,6-5-,10-9-;. The van der Waals surface area contributed by atoms with Crippen LogP contribution in [0.1, 0.15) is 40.5 Å². The topological polar surface area (TPSA) is 119 Å². The Kier molecular flexibility index (Phi) is 9.26. The summed E-state index contributed by atoms with van der Waals surface area (Å²) in [6.07, 6.45) is 7.06. The largest absolute Gasteiger partial charge is 0.402 e. The summed E-state index contributed by atoms with van der Waals surface area (Å²) in [4.78, 5) is 35.2. The Labute approximate surface area is 137 Å². The highest BCUT2D eigenvalue weighted by Crippen LogP contribution is 2.13. The number of nitrogens with zero attached hydrogens (tertiary/aromatic N) is 1. The summed E-state index contributed by atoms with van der Waals surface area (Å²) in [6, 6.07) is -0.875. The minimum absolute atomic E-state index is 0.145. The summed E-state index contributed by atoms with van der Waals surface area (Å²) in [5.74, 6) is 4.24. The van der Waals surface area contributed by atoms with Crippen LogP contribution in [-0.4, -0.2) is 28.8 Å². The normalized spacial score (nSPS) is 19.1. The lowest BCUT2D eigenvalue weighted by molar-refractivity contribution is -0.144. The number of piperidine rings is 1. The highest BCUT2D eigenvalue weighted by molar-refractivity contribution is 6.04. The van der Waals surface area contributed by atoms with Crippen molar-refractivity contribution >= 4 is 17.7 Å². The van der Waals surface area contributed by atoms with E-state index in [1.165, 1.54) is 6.08 Å². The van der Waals surface area contributed by atoms with Crippen LogP contribution in [0.4, 0.5) is 0 Å². The molecule has 1 unspecified atom stereocenters. The lowest BCUT2D eigenvalue weighted by atomic mass is 10.0. The van der Waals surface area contributed by atoms with Gasteiger partial charge in [-0.2, -0.15) is 0 Å². The number of rotatable bonds is 4. The average Bonchev–Trinajstić information content (AvgIpc) is 2.52. The molecular weight excluding hydrogens is 296 g/mol. The van der Waals surface area contributed by atoms with Crippen LogP contribution in [-0.2, 0) is 14.4 Å². The van der Waals surface area contributed by atoms with Crippen LogP contribution in [0.25, 0.3) is 0 Å². The van der Waals surface area contributed by atoms with Gasteiger partial charge in [0.15, 0.2) is 0 Å². The highest BCUT2D eigenvalue weighted by atomic mass is 16.2. The summed E-state index contributed by atoms with van der Waals surface area (Å²) >= 11 is 0. The lowest BCUT2D eigenvalue weighted by Gasteiger charge is -2.29. The average molecular weight is 322 g/mol. The van der Waals surface area contributed by atoms with Crippen LogP contribution in [0.15, 0.2) is 35.6 Å². The lowest BCUT2D eigenvalue weighted by Crippen LogP contribution is -2.57. The Bertz CT molecular complexity index is 531. The van der Waals surface area contributed by atoms with Crippen molar-refractivity contribution in [2.45, 2.75) is 46.6 Å². The van der Waals surface area contributed by atoms with Gasteiger partial charge in [-0.15, -0.1) is 0 Å². The first-order valence-electron chi connectivity index (χ1n) is 7.56. The van der Waals surface area contributed by atoms with E-state index in [1.54, 1.807) is 25.2 Å². The van der Waals surface area contributed by atoms with Crippen molar-refractivity contribution in [3.8, 4) is 0 Å². The monoisotopic (exact) mass is 322 g/mol. The molecule has 1 rings (SSSR count). The Morgan fingerprint density at radius 2 is 1.91 bits per heavy atom. The molecule has 1 saturated heterocycles. The highest BCUT2D eigenvalue weighted by Gasteiger charge is 2.33. The van der Waals surface area contributed by atoms with E-state index in [2.05, 4.69) is 5.32 Å². The third-order valence-electron chi connectivity index (χ3n) is 3.00. The van der Waals surface area contributed by atoms with Crippen LogP contribution >= 0.6 is 0 Å². The Hall–Kier alpha value is -2.41. The molecule has 23 heavy (non-hydrogen) atoms. The molecule has 1 atom stereocenters. The molecule has 5 N–H and O–H groups in total. The minimum Gasteiger partial charge on any atom is -0.402 e. The van der Waals surface area contributed by atoms with Gasteiger partial charge in [-0.25, -0.2) is 5.84 Å². The maximum absolute atomic E-state index is 12.3. The van der Waals surface area contributed by atoms with Crippen molar-refractivity contribution in [1.82, 2.24) is 10.3 Å². The smallest absolute Gasteiger partial charge is 0.270 e. The third kappa shape index (κ3) is 6.07. The van der Waals surface area contributed by atoms with Crippen molar-refractivity contribution in [2.24, 2.45) is 11.6 Å². The van der Waals surface area contributed by atoms with Gasteiger partial charge in [-0.05, 0) is 26.3 Å². The molecule has 0 bridgehead atoms. The van der Waals surface area contributed by atoms with Gasteiger partial charge in [-0.1, -0.05) is 32.1 Å². The molecule has 0 spiro atoms. The van der Waals surface area contributed by atoms with Crippen LogP contribution in [0.5, 0.6) is 0 Å². The molecule has 0 aromatic carbocycles. The van der Waals surface area contributed by atoms with E-state index in [4.69, 9.17) is 11.6 Å². The molecule has 0 radical (unpaired) electrons. The van der Waals surface area contributed by atoms with E-state index in [1.807, 2.05) is 20.8 Å². The summed E-state index contributed by atoms with van der Waals surface area (Å²) in [7, 11) is 0. The summed E-state index contributed by atoms with van der Waals surface area (Å²) < 4.78 is 0. The first-order valence-corrected chi connectivity index (χ1v) is 7.56. The van der Waals surface area contributed by atoms with Crippen molar-refractivity contribution < 1.29 is 14.4 Å². The predicted molar refractivity (Wildman–Crippen MR) is 89.4 cm³/mol. The fourth-order valence-corrected chi connectivity index (χ4v) is 1.86. The predicted octanol–water partition coefficient (Wildman–Crippen LogP) is 0.885. The number of nitrogens with one attached hydrogen (secondary N) is 1. The first kappa shape index (κ1) is 20.6. The molecule has 0 aromatic heterocycles. The third-order valence-corrected chi connectivity index (χ3v) is 3.00. The molecule has 7 heteroatoms. The zero-order valence-corrected chi connectivity index (χ0v) is 14.1. The van der Waals surface area contributed by atoms with Gasteiger partial charge in [0, 0.05) is 12.1 Å². The molecular formula is C16H26N4O3. The van der Waals surface area contributed by atoms with E-state index >= 15 is 0 Å².